The number of aliphatic hydroxyl groups is 2. The zero-order chi connectivity index (χ0) is 10.7. The minimum absolute atomic E-state index is 0.0951. The molecule has 0 aliphatic carbocycles. The highest BCUT2D eigenvalue weighted by Gasteiger charge is 2.27. The summed E-state index contributed by atoms with van der Waals surface area (Å²) in [5, 5.41) is 18.5. The Morgan fingerprint density at radius 1 is 1.38 bits per heavy atom. The number of aliphatic hydroxyl groups excluding tert-OH is 2. The maximum absolute atomic E-state index is 9.42. The van der Waals surface area contributed by atoms with Crippen LogP contribution in [0.5, 0.6) is 0 Å². The molecule has 0 aromatic carbocycles. The molecule has 13 heavy (non-hydrogen) atoms. The van der Waals surface area contributed by atoms with Gasteiger partial charge in [-0.15, -0.1) is 5.54 Å². The lowest BCUT2D eigenvalue weighted by molar-refractivity contribution is 0.0474. The lowest BCUT2D eigenvalue weighted by Crippen LogP contribution is -2.33. The lowest BCUT2D eigenvalue weighted by atomic mass is 9.87. The summed E-state index contributed by atoms with van der Waals surface area (Å²) in [4.78, 5) is 0. The van der Waals surface area contributed by atoms with E-state index in [9.17, 15) is 5.11 Å². The van der Waals surface area contributed by atoms with Crippen molar-refractivity contribution in [3.05, 3.63) is 0 Å². The van der Waals surface area contributed by atoms with Gasteiger partial charge in [0.25, 0.3) is 0 Å². The zero-order valence-electron chi connectivity index (χ0n) is 9.18. The maximum Gasteiger partial charge on any atom is 0.129 e. The van der Waals surface area contributed by atoms with Gasteiger partial charge in [-0.3, -0.25) is 0 Å². The van der Waals surface area contributed by atoms with E-state index in [1.807, 2.05) is 0 Å². The number of rotatable bonds is 2. The minimum Gasteiger partial charge on any atom is -0.395 e. The third-order valence-corrected chi connectivity index (χ3v) is 2.85. The molecule has 0 saturated carbocycles. The van der Waals surface area contributed by atoms with Gasteiger partial charge in [0.05, 0.1) is 18.1 Å². The van der Waals surface area contributed by atoms with Gasteiger partial charge < -0.3 is 10.2 Å². The summed E-state index contributed by atoms with van der Waals surface area (Å²) in [5.41, 5.74) is 2.50. The second kappa shape index (κ2) is 4.27. The maximum atomic E-state index is 9.42. The van der Waals surface area contributed by atoms with Crippen LogP contribution in [-0.4, -0.2) is 31.0 Å². The molecule has 3 heteroatoms. The summed E-state index contributed by atoms with van der Waals surface area (Å²) < 4.78 is 0. The molecule has 0 radical (unpaired) electrons. The average molecular weight is 200 g/mol. The first-order chi connectivity index (χ1) is 5.71. The monoisotopic (exact) mass is 200 g/mol. The molecule has 2 nitrogen and oxygen atoms in total. The van der Waals surface area contributed by atoms with Crippen LogP contribution in [-0.2, 0) is 0 Å². The summed E-state index contributed by atoms with van der Waals surface area (Å²) >= 11 is 0. The quantitative estimate of drug-likeness (QED) is 0.520. The summed E-state index contributed by atoms with van der Waals surface area (Å²) in [6.07, 6.45) is -0.596. The van der Waals surface area contributed by atoms with Gasteiger partial charge in [-0.1, -0.05) is 25.6 Å². The van der Waals surface area contributed by atoms with E-state index in [2.05, 4.69) is 31.1 Å². The van der Waals surface area contributed by atoms with Gasteiger partial charge in [-0.2, -0.15) is 0 Å². The van der Waals surface area contributed by atoms with E-state index in [0.717, 1.165) is 0 Å². The van der Waals surface area contributed by atoms with Crippen LogP contribution in [0.4, 0.5) is 0 Å². The first-order valence-electron chi connectivity index (χ1n) is 4.54. The standard InChI is InChI=1S/C10H20O2Si/c1-9(12)10(2,8-11)6-7-13(3,4)5/h9,11-12H,8H2,1-5H3/t9-,10+/m1/s1. The second-order valence-corrected chi connectivity index (χ2v) is 9.50. The third-order valence-electron chi connectivity index (χ3n) is 1.97. The van der Waals surface area contributed by atoms with Crippen LogP contribution >= 0.6 is 0 Å². The summed E-state index contributed by atoms with van der Waals surface area (Å²) in [6, 6.07) is 0. The SMILES string of the molecule is C[C@@H](O)[C@@](C)(C#C[Si](C)(C)C)CO. The van der Waals surface area contributed by atoms with E-state index in [1.165, 1.54) is 0 Å². The molecule has 0 heterocycles. The lowest BCUT2D eigenvalue weighted by Gasteiger charge is -2.24. The summed E-state index contributed by atoms with van der Waals surface area (Å²) in [7, 11) is -1.41. The van der Waals surface area contributed by atoms with Crippen molar-refractivity contribution in [3.8, 4) is 11.5 Å². The van der Waals surface area contributed by atoms with Crippen molar-refractivity contribution in [2.24, 2.45) is 5.41 Å². The highest BCUT2D eigenvalue weighted by molar-refractivity contribution is 6.83. The normalized spacial score (nSPS) is 18.4. The molecule has 0 aromatic heterocycles. The fourth-order valence-corrected chi connectivity index (χ4v) is 1.27. The van der Waals surface area contributed by atoms with E-state index < -0.39 is 19.6 Å². The van der Waals surface area contributed by atoms with Crippen molar-refractivity contribution < 1.29 is 10.2 Å². The molecule has 76 valence electrons. The Morgan fingerprint density at radius 2 is 1.85 bits per heavy atom. The number of hydrogen-bond donors (Lipinski definition) is 2. The van der Waals surface area contributed by atoms with Crippen LogP contribution in [0.25, 0.3) is 0 Å². The Hall–Kier alpha value is -0.303. The summed E-state index contributed by atoms with van der Waals surface area (Å²) in [5.74, 6) is 3.00. The van der Waals surface area contributed by atoms with Crippen molar-refractivity contribution in [2.75, 3.05) is 6.61 Å². The van der Waals surface area contributed by atoms with Gasteiger partial charge in [0.2, 0.25) is 0 Å². The minimum atomic E-state index is -1.41. The molecule has 0 amide bonds. The molecular weight excluding hydrogens is 180 g/mol. The van der Waals surface area contributed by atoms with Gasteiger partial charge in [0, 0.05) is 0 Å². The van der Waals surface area contributed by atoms with Crippen molar-refractivity contribution in [1.82, 2.24) is 0 Å². The molecule has 2 N–H and O–H groups in total. The molecule has 0 aromatic rings. The predicted molar refractivity (Wildman–Crippen MR) is 58.0 cm³/mol. The van der Waals surface area contributed by atoms with Crippen LogP contribution in [0, 0.1) is 16.9 Å². The van der Waals surface area contributed by atoms with Crippen molar-refractivity contribution in [2.45, 2.75) is 39.6 Å². The molecule has 0 bridgehead atoms. The van der Waals surface area contributed by atoms with Crippen molar-refractivity contribution in [3.63, 3.8) is 0 Å². The highest BCUT2D eigenvalue weighted by Crippen LogP contribution is 2.19. The molecular formula is C10H20O2Si. The average Bonchev–Trinajstić information content (AvgIpc) is 1.98. The Balaban J connectivity index is 4.69. The van der Waals surface area contributed by atoms with E-state index in [4.69, 9.17) is 5.11 Å². The van der Waals surface area contributed by atoms with E-state index in [-0.39, 0.29) is 6.61 Å². The van der Waals surface area contributed by atoms with E-state index in [0.29, 0.717) is 0 Å². The second-order valence-electron chi connectivity index (χ2n) is 4.75. The predicted octanol–water partition coefficient (Wildman–Crippen LogP) is 1.25. The molecule has 0 aliphatic rings. The molecule has 0 fully saturated rings. The molecule has 0 aliphatic heterocycles. The molecule has 0 rings (SSSR count). The highest BCUT2D eigenvalue weighted by atomic mass is 28.3. The smallest absolute Gasteiger partial charge is 0.129 e. The first kappa shape index (κ1) is 12.7. The van der Waals surface area contributed by atoms with Gasteiger partial charge in [0.1, 0.15) is 8.07 Å². The van der Waals surface area contributed by atoms with Crippen LogP contribution < -0.4 is 0 Å². The number of hydrogen-bond acceptors (Lipinski definition) is 2. The largest absolute Gasteiger partial charge is 0.395 e. The third kappa shape index (κ3) is 4.46. The Kier molecular flexibility index (Phi) is 4.17. The molecule has 0 unspecified atom stereocenters. The van der Waals surface area contributed by atoms with Crippen LogP contribution in [0.15, 0.2) is 0 Å². The van der Waals surface area contributed by atoms with Crippen molar-refractivity contribution >= 4 is 8.07 Å². The Morgan fingerprint density at radius 3 is 2.08 bits per heavy atom. The van der Waals surface area contributed by atoms with E-state index in [1.54, 1.807) is 13.8 Å². The van der Waals surface area contributed by atoms with Crippen LogP contribution in [0.1, 0.15) is 13.8 Å². The van der Waals surface area contributed by atoms with Gasteiger partial charge in [0.15, 0.2) is 0 Å². The topological polar surface area (TPSA) is 40.5 Å². The van der Waals surface area contributed by atoms with Crippen LogP contribution in [0.3, 0.4) is 0 Å². The Labute approximate surface area is 82.0 Å². The first-order valence-corrected chi connectivity index (χ1v) is 8.04. The van der Waals surface area contributed by atoms with Crippen LogP contribution in [0.2, 0.25) is 19.6 Å². The van der Waals surface area contributed by atoms with Gasteiger partial charge in [-0.05, 0) is 13.8 Å². The van der Waals surface area contributed by atoms with Gasteiger partial charge >= 0.3 is 0 Å². The Bertz CT molecular complexity index is 219. The zero-order valence-corrected chi connectivity index (χ0v) is 10.2. The van der Waals surface area contributed by atoms with Gasteiger partial charge in [-0.25, -0.2) is 0 Å². The molecule has 2 atom stereocenters. The summed E-state index contributed by atoms with van der Waals surface area (Å²) in [6.45, 7) is 9.77. The molecule has 0 saturated heterocycles. The van der Waals surface area contributed by atoms with Crippen molar-refractivity contribution in [1.29, 1.82) is 0 Å². The fourth-order valence-electron chi connectivity index (χ4n) is 0.606. The van der Waals surface area contributed by atoms with E-state index >= 15 is 0 Å². The fraction of sp³-hybridized carbons (Fsp3) is 0.800. The molecule has 0 spiro atoms.